The summed E-state index contributed by atoms with van der Waals surface area (Å²) in [5, 5.41) is 4.43. The van der Waals surface area contributed by atoms with Gasteiger partial charge in [0.2, 0.25) is 5.95 Å². The van der Waals surface area contributed by atoms with Gasteiger partial charge >= 0.3 is 0 Å². The molecule has 0 aromatic carbocycles. The molecular weight excluding hydrogens is 214 g/mol. The van der Waals surface area contributed by atoms with E-state index in [0.717, 1.165) is 0 Å². The average molecular weight is 223 g/mol. The number of ether oxygens (including phenoxy) is 1. The summed E-state index contributed by atoms with van der Waals surface area (Å²) in [6.45, 7) is 0. The smallest absolute Gasteiger partial charge is 0.271 e. The molecule has 1 amide bonds. The molecule has 0 radical (unpaired) electrons. The molecule has 2 rings (SSSR count). The highest BCUT2D eigenvalue weighted by molar-refractivity contribution is 7.12. The van der Waals surface area contributed by atoms with E-state index in [2.05, 4.69) is 15.3 Å². The fourth-order valence-corrected chi connectivity index (χ4v) is 1.88. The fraction of sp³-hybridized carbons (Fsp3) is 0.111. The third-order valence-electron chi connectivity index (χ3n) is 1.79. The van der Waals surface area contributed by atoms with E-state index in [-0.39, 0.29) is 5.91 Å². The Bertz CT molecular complexity index is 450. The van der Waals surface area contributed by atoms with Gasteiger partial charge in [0.05, 0.1) is 7.11 Å². The third-order valence-corrected chi connectivity index (χ3v) is 2.68. The van der Waals surface area contributed by atoms with Crippen molar-refractivity contribution in [2.75, 3.05) is 12.4 Å². The number of methoxy groups -OCH3 is 1. The maximum atomic E-state index is 11.7. The van der Waals surface area contributed by atoms with E-state index >= 15 is 0 Å². The molecule has 5 nitrogen and oxygen atoms in total. The standard InChI is InChI=1S/C9H9N3O2S/c1-14-6-2-5-15-7(6)8(13)12-9-10-3-4-11-9/h2-5H,1H3,(H2,10,11,12,13). The van der Waals surface area contributed by atoms with Gasteiger partial charge in [-0.15, -0.1) is 11.3 Å². The van der Waals surface area contributed by atoms with Crippen LogP contribution in [-0.2, 0) is 0 Å². The number of amides is 1. The second-order valence-electron chi connectivity index (χ2n) is 2.71. The highest BCUT2D eigenvalue weighted by Crippen LogP contribution is 2.24. The predicted octanol–water partition coefficient (Wildman–Crippen LogP) is 1.73. The largest absolute Gasteiger partial charge is 0.495 e. The molecule has 2 aromatic rings. The van der Waals surface area contributed by atoms with Crippen LogP contribution in [0.4, 0.5) is 5.95 Å². The monoisotopic (exact) mass is 223 g/mol. The van der Waals surface area contributed by atoms with E-state index in [1.165, 1.54) is 18.4 Å². The molecule has 6 heteroatoms. The first-order valence-electron chi connectivity index (χ1n) is 4.23. The number of aromatic amines is 1. The average Bonchev–Trinajstić information content (AvgIpc) is 2.86. The Labute approximate surface area is 90.1 Å². The first-order valence-corrected chi connectivity index (χ1v) is 5.11. The van der Waals surface area contributed by atoms with Crippen molar-refractivity contribution in [3.05, 3.63) is 28.7 Å². The molecule has 2 heterocycles. The van der Waals surface area contributed by atoms with Gasteiger partial charge in [0.15, 0.2) is 0 Å². The SMILES string of the molecule is COc1ccsc1C(=O)Nc1ncc[nH]1. The Hall–Kier alpha value is -1.82. The van der Waals surface area contributed by atoms with Crippen LogP contribution in [0.2, 0.25) is 0 Å². The van der Waals surface area contributed by atoms with Gasteiger partial charge < -0.3 is 9.72 Å². The molecule has 0 unspecified atom stereocenters. The lowest BCUT2D eigenvalue weighted by molar-refractivity contribution is 0.102. The number of carbonyl (C=O) groups is 1. The summed E-state index contributed by atoms with van der Waals surface area (Å²) in [5.74, 6) is 0.774. The minimum atomic E-state index is -0.225. The van der Waals surface area contributed by atoms with Gasteiger partial charge in [-0.1, -0.05) is 0 Å². The summed E-state index contributed by atoms with van der Waals surface area (Å²) in [6, 6.07) is 1.75. The number of H-pyrrole nitrogens is 1. The van der Waals surface area contributed by atoms with Crippen LogP contribution in [0.15, 0.2) is 23.8 Å². The molecule has 0 saturated heterocycles. The number of rotatable bonds is 3. The topological polar surface area (TPSA) is 67.0 Å². The van der Waals surface area contributed by atoms with Gasteiger partial charge in [-0.2, -0.15) is 0 Å². The molecule has 0 aliphatic rings. The number of aromatic nitrogens is 2. The van der Waals surface area contributed by atoms with Crippen LogP contribution in [0.1, 0.15) is 9.67 Å². The number of nitrogens with zero attached hydrogens (tertiary/aromatic N) is 1. The highest BCUT2D eigenvalue weighted by atomic mass is 32.1. The third kappa shape index (κ3) is 1.99. The lowest BCUT2D eigenvalue weighted by atomic mass is 10.4. The van der Waals surface area contributed by atoms with Crippen molar-refractivity contribution in [1.82, 2.24) is 9.97 Å². The molecule has 0 atom stereocenters. The van der Waals surface area contributed by atoms with Crippen molar-refractivity contribution in [3.8, 4) is 5.75 Å². The molecule has 2 N–H and O–H groups in total. The Balaban J connectivity index is 2.15. The van der Waals surface area contributed by atoms with Gasteiger partial charge in [0.25, 0.3) is 5.91 Å². The number of nitrogens with one attached hydrogen (secondary N) is 2. The minimum absolute atomic E-state index is 0.225. The predicted molar refractivity (Wildman–Crippen MR) is 57.4 cm³/mol. The second kappa shape index (κ2) is 4.14. The maximum absolute atomic E-state index is 11.7. The van der Waals surface area contributed by atoms with E-state index in [1.54, 1.807) is 23.8 Å². The van der Waals surface area contributed by atoms with E-state index < -0.39 is 0 Å². The summed E-state index contributed by atoms with van der Waals surface area (Å²) in [7, 11) is 1.53. The molecule has 0 bridgehead atoms. The van der Waals surface area contributed by atoms with Crippen molar-refractivity contribution in [1.29, 1.82) is 0 Å². The molecule has 78 valence electrons. The molecule has 0 aliphatic carbocycles. The van der Waals surface area contributed by atoms with E-state index in [9.17, 15) is 4.79 Å². The summed E-state index contributed by atoms with van der Waals surface area (Å²) in [5.41, 5.74) is 0. The van der Waals surface area contributed by atoms with Crippen LogP contribution in [0.25, 0.3) is 0 Å². The summed E-state index contributed by atoms with van der Waals surface area (Å²) in [4.78, 5) is 18.9. The minimum Gasteiger partial charge on any atom is -0.495 e. The number of hydrogen-bond donors (Lipinski definition) is 2. The zero-order chi connectivity index (χ0) is 10.7. The first-order chi connectivity index (χ1) is 7.31. The highest BCUT2D eigenvalue weighted by Gasteiger charge is 2.14. The van der Waals surface area contributed by atoms with Gasteiger partial charge in [-0.05, 0) is 11.4 Å². The summed E-state index contributed by atoms with van der Waals surface area (Å²) >= 11 is 1.33. The number of hydrogen-bond acceptors (Lipinski definition) is 4. The first kappa shape index (κ1) is 9.72. The zero-order valence-electron chi connectivity index (χ0n) is 7.98. The quantitative estimate of drug-likeness (QED) is 0.832. The molecule has 2 aromatic heterocycles. The van der Waals surface area contributed by atoms with Gasteiger partial charge in [-0.3, -0.25) is 10.1 Å². The van der Waals surface area contributed by atoms with Crippen molar-refractivity contribution in [3.63, 3.8) is 0 Å². The molecule has 0 aliphatic heterocycles. The lowest BCUT2D eigenvalue weighted by Gasteiger charge is -2.01. The van der Waals surface area contributed by atoms with Crippen LogP contribution >= 0.6 is 11.3 Å². The van der Waals surface area contributed by atoms with Gasteiger partial charge in [-0.25, -0.2) is 4.98 Å². The van der Waals surface area contributed by atoms with Crippen LogP contribution in [0.3, 0.4) is 0 Å². The lowest BCUT2D eigenvalue weighted by Crippen LogP contribution is -2.12. The van der Waals surface area contributed by atoms with Gasteiger partial charge in [0, 0.05) is 12.4 Å². The molecule has 0 spiro atoms. The van der Waals surface area contributed by atoms with Crippen molar-refractivity contribution in [2.45, 2.75) is 0 Å². The molecular formula is C9H9N3O2S. The van der Waals surface area contributed by atoms with Crippen molar-refractivity contribution >= 4 is 23.2 Å². The van der Waals surface area contributed by atoms with Crippen LogP contribution in [-0.4, -0.2) is 23.0 Å². The Kier molecular flexibility index (Phi) is 2.68. The van der Waals surface area contributed by atoms with E-state index in [0.29, 0.717) is 16.6 Å². The Morgan fingerprint density at radius 1 is 1.67 bits per heavy atom. The normalized spacial score (nSPS) is 9.93. The number of imidazole rings is 1. The summed E-state index contributed by atoms with van der Waals surface area (Å²) in [6.07, 6.45) is 3.21. The van der Waals surface area contributed by atoms with Gasteiger partial charge in [0.1, 0.15) is 10.6 Å². The molecule has 0 saturated carbocycles. The number of carbonyl (C=O) groups excluding carboxylic acids is 1. The molecule has 15 heavy (non-hydrogen) atoms. The Morgan fingerprint density at radius 2 is 2.53 bits per heavy atom. The second-order valence-corrected chi connectivity index (χ2v) is 3.63. The molecule has 0 fully saturated rings. The Morgan fingerprint density at radius 3 is 3.20 bits per heavy atom. The summed E-state index contributed by atoms with van der Waals surface area (Å²) < 4.78 is 5.04. The fourth-order valence-electron chi connectivity index (χ4n) is 1.12. The van der Waals surface area contributed by atoms with Crippen LogP contribution in [0.5, 0.6) is 5.75 Å². The maximum Gasteiger partial charge on any atom is 0.271 e. The van der Waals surface area contributed by atoms with Crippen molar-refractivity contribution in [2.24, 2.45) is 0 Å². The number of thiophene rings is 1. The van der Waals surface area contributed by atoms with Crippen LogP contribution < -0.4 is 10.1 Å². The van der Waals surface area contributed by atoms with E-state index in [1.807, 2.05) is 0 Å². The van der Waals surface area contributed by atoms with Crippen molar-refractivity contribution < 1.29 is 9.53 Å². The van der Waals surface area contributed by atoms with Crippen LogP contribution in [0, 0.1) is 0 Å². The zero-order valence-corrected chi connectivity index (χ0v) is 8.80. The number of anilines is 1. The van der Waals surface area contributed by atoms with E-state index in [4.69, 9.17) is 4.74 Å².